The van der Waals surface area contributed by atoms with Gasteiger partial charge in [-0.3, -0.25) is 9.59 Å². The molecule has 0 fully saturated rings. The minimum atomic E-state index is -0.564. The average Bonchev–Trinajstić information content (AvgIpc) is 3.36. The van der Waals surface area contributed by atoms with E-state index in [2.05, 4.69) is 51.9 Å². The second-order valence-corrected chi connectivity index (χ2v) is 9.76. The second-order valence-electron chi connectivity index (χ2n) is 6.65. The molecule has 1 unspecified atom stereocenters. The van der Waals surface area contributed by atoms with Crippen LogP contribution in [-0.2, 0) is 4.79 Å². The van der Waals surface area contributed by atoms with Crippen molar-refractivity contribution in [3.05, 3.63) is 58.5 Å². The number of hydrogen-bond acceptors (Lipinski definition) is 7. The molecule has 9 heteroatoms. The number of amides is 2. The number of benzene rings is 1. The molecule has 0 aliphatic carbocycles. The van der Waals surface area contributed by atoms with Crippen molar-refractivity contribution in [1.82, 2.24) is 9.97 Å². The minimum absolute atomic E-state index is 0.219. The molecule has 4 aromatic rings. The molecule has 30 heavy (non-hydrogen) atoms. The molecule has 0 aliphatic rings. The van der Waals surface area contributed by atoms with Crippen LogP contribution in [0.4, 0.5) is 5.00 Å². The minimum Gasteiger partial charge on any atom is -0.366 e. The Morgan fingerprint density at radius 2 is 1.90 bits per heavy atom. The monoisotopic (exact) mass is 454 g/mol. The van der Waals surface area contributed by atoms with E-state index in [1.165, 1.54) is 35.0 Å². The zero-order valence-electron chi connectivity index (χ0n) is 16.2. The van der Waals surface area contributed by atoms with Crippen molar-refractivity contribution >= 4 is 61.5 Å². The summed E-state index contributed by atoms with van der Waals surface area (Å²) in [4.78, 5) is 34.0. The number of nitrogens with one attached hydrogen (secondary N) is 1. The number of thiophene rings is 2. The summed E-state index contributed by atoms with van der Waals surface area (Å²) in [6.45, 7) is 3.86. The van der Waals surface area contributed by atoms with Gasteiger partial charge in [0.2, 0.25) is 5.91 Å². The normalized spacial score (nSPS) is 12.1. The van der Waals surface area contributed by atoms with Crippen molar-refractivity contribution in [2.75, 3.05) is 5.32 Å². The summed E-state index contributed by atoms with van der Waals surface area (Å²) in [5, 5.41) is 8.33. The van der Waals surface area contributed by atoms with E-state index in [4.69, 9.17) is 5.73 Å². The molecule has 0 saturated carbocycles. The Bertz CT molecular complexity index is 1230. The molecule has 0 bridgehead atoms. The van der Waals surface area contributed by atoms with E-state index >= 15 is 0 Å². The first-order valence-electron chi connectivity index (χ1n) is 9.08. The third kappa shape index (κ3) is 4.09. The van der Waals surface area contributed by atoms with Crippen LogP contribution in [-0.4, -0.2) is 27.0 Å². The third-order valence-electron chi connectivity index (χ3n) is 4.52. The average molecular weight is 455 g/mol. The molecule has 6 nitrogen and oxygen atoms in total. The molecule has 3 N–H and O–H groups in total. The van der Waals surface area contributed by atoms with Crippen molar-refractivity contribution in [3.63, 3.8) is 0 Å². The van der Waals surface area contributed by atoms with Gasteiger partial charge in [-0.15, -0.1) is 22.7 Å². The number of primary amides is 1. The molecular weight excluding hydrogens is 436 g/mol. The van der Waals surface area contributed by atoms with Gasteiger partial charge in [0, 0.05) is 10.9 Å². The van der Waals surface area contributed by atoms with E-state index in [1.54, 1.807) is 22.8 Å². The first kappa shape index (κ1) is 20.5. The standard InChI is InChI=1S/C21H18N4O2S3/c1-11-3-5-13(6-4-11)15-9-29-20-16(15)21(24-10-23-20)30-12(2)18(27)25-19-14(17(22)26)7-8-28-19/h3-10,12H,1-2H3,(H2,22,26)(H,25,27). The van der Waals surface area contributed by atoms with Gasteiger partial charge in [0.15, 0.2) is 0 Å². The number of aryl methyl sites for hydroxylation is 1. The third-order valence-corrected chi connectivity index (χ3v) is 7.34. The van der Waals surface area contributed by atoms with Crippen LogP contribution < -0.4 is 11.1 Å². The summed E-state index contributed by atoms with van der Waals surface area (Å²) in [5.41, 5.74) is 9.01. The zero-order chi connectivity index (χ0) is 21.3. The van der Waals surface area contributed by atoms with E-state index < -0.39 is 11.2 Å². The van der Waals surface area contributed by atoms with Crippen LogP contribution in [0.2, 0.25) is 0 Å². The maximum absolute atomic E-state index is 12.7. The molecular formula is C21H18N4O2S3. The highest BCUT2D eigenvalue weighted by Gasteiger charge is 2.21. The Morgan fingerprint density at radius 3 is 2.63 bits per heavy atom. The van der Waals surface area contributed by atoms with E-state index in [9.17, 15) is 9.59 Å². The number of carbonyl (C=O) groups is 2. The van der Waals surface area contributed by atoms with E-state index in [-0.39, 0.29) is 5.91 Å². The van der Waals surface area contributed by atoms with Gasteiger partial charge in [-0.1, -0.05) is 41.6 Å². The van der Waals surface area contributed by atoms with Gasteiger partial charge in [-0.05, 0) is 30.9 Å². The Hall–Kier alpha value is -2.75. The highest BCUT2D eigenvalue weighted by atomic mass is 32.2. The highest BCUT2D eigenvalue weighted by Crippen LogP contribution is 2.39. The summed E-state index contributed by atoms with van der Waals surface area (Å²) in [6.07, 6.45) is 1.52. The number of aromatic nitrogens is 2. The quantitative estimate of drug-likeness (QED) is 0.317. The van der Waals surface area contributed by atoms with Gasteiger partial charge in [0.05, 0.1) is 16.2 Å². The SMILES string of the molecule is Cc1ccc(-c2csc3ncnc(SC(C)C(=O)Nc4sccc4C(N)=O)c23)cc1. The lowest BCUT2D eigenvalue weighted by Crippen LogP contribution is -2.23. The van der Waals surface area contributed by atoms with Crippen LogP contribution in [0.25, 0.3) is 21.3 Å². The van der Waals surface area contributed by atoms with Crippen molar-refractivity contribution < 1.29 is 9.59 Å². The number of thioether (sulfide) groups is 1. The zero-order valence-corrected chi connectivity index (χ0v) is 18.7. The summed E-state index contributed by atoms with van der Waals surface area (Å²) < 4.78 is 0. The van der Waals surface area contributed by atoms with Gasteiger partial charge < -0.3 is 11.1 Å². The highest BCUT2D eigenvalue weighted by molar-refractivity contribution is 8.00. The molecule has 3 aromatic heterocycles. The number of fused-ring (bicyclic) bond motifs is 1. The number of rotatable bonds is 6. The van der Waals surface area contributed by atoms with Crippen LogP contribution >= 0.6 is 34.4 Å². The molecule has 2 amide bonds. The molecule has 152 valence electrons. The van der Waals surface area contributed by atoms with Gasteiger partial charge in [-0.25, -0.2) is 9.97 Å². The van der Waals surface area contributed by atoms with Gasteiger partial charge in [-0.2, -0.15) is 0 Å². The molecule has 1 atom stereocenters. The Balaban J connectivity index is 1.61. The summed E-state index contributed by atoms with van der Waals surface area (Å²) in [7, 11) is 0. The van der Waals surface area contributed by atoms with Crippen molar-refractivity contribution in [2.45, 2.75) is 24.1 Å². The number of hydrogen-bond donors (Lipinski definition) is 2. The fourth-order valence-corrected chi connectivity index (χ4v) is 5.63. The number of nitrogens with two attached hydrogens (primary N) is 1. The Labute approximate surface area is 185 Å². The first-order valence-corrected chi connectivity index (χ1v) is 11.7. The lowest BCUT2D eigenvalue weighted by molar-refractivity contribution is -0.115. The molecule has 0 saturated heterocycles. The first-order chi connectivity index (χ1) is 14.4. The number of carbonyl (C=O) groups excluding carboxylic acids is 2. The Kier molecular flexibility index (Phi) is 5.85. The van der Waals surface area contributed by atoms with Crippen LogP contribution in [0.1, 0.15) is 22.8 Å². The fourth-order valence-electron chi connectivity index (χ4n) is 2.92. The van der Waals surface area contributed by atoms with Gasteiger partial charge in [0.25, 0.3) is 5.91 Å². The summed E-state index contributed by atoms with van der Waals surface area (Å²) >= 11 is 4.19. The Morgan fingerprint density at radius 1 is 1.13 bits per heavy atom. The second kappa shape index (κ2) is 8.55. The predicted octanol–water partition coefficient (Wildman–Crippen LogP) is 4.95. The fraction of sp³-hybridized carbons (Fsp3) is 0.143. The molecule has 0 aliphatic heterocycles. The van der Waals surface area contributed by atoms with E-state index in [1.807, 2.05) is 6.92 Å². The van der Waals surface area contributed by atoms with Crippen molar-refractivity contribution in [2.24, 2.45) is 5.73 Å². The van der Waals surface area contributed by atoms with Crippen LogP contribution in [0.3, 0.4) is 0 Å². The van der Waals surface area contributed by atoms with Crippen molar-refractivity contribution in [1.29, 1.82) is 0 Å². The van der Waals surface area contributed by atoms with Crippen LogP contribution in [0, 0.1) is 6.92 Å². The lowest BCUT2D eigenvalue weighted by Gasteiger charge is -2.12. The topological polar surface area (TPSA) is 98.0 Å². The maximum atomic E-state index is 12.7. The van der Waals surface area contributed by atoms with Crippen LogP contribution in [0.5, 0.6) is 0 Å². The van der Waals surface area contributed by atoms with Crippen LogP contribution in [0.15, 0.2) is 52.4 Å². The van der Waals surface area contributed by atoms with E-state index in [0.717, 1.165) is 26.4 Å². The molecule has 0 spiro atoms. The number of nitrogens with zero attached hydrogens (tertiary/aromatic N) is 2. The molecule has 1 aromatic carbocycles. The number of anilines is 1. The predicted molar refractivity (Wildman–Crippen MR) is 124 cm³/mol. The van der Waals surface area contributed by atoms with Gasteiger partial charge >= 0.3 is 0 Å². The van der Waals surface area contributed by atoms with Gasteiger partial charge in [0.1, 0.15) is 21.2 Å². The summed E-state index contributed by atoms with van der Waals surface area (Å²) in [5.74, 6) is -0.783. The van der Waals surface area contributed by atoms with Crippen molar-refractivity contribution in [3.8, 4) is 11.1 Å². The largest absolute Gasteiger partial charge is 0.366 e. The molecule has 3 heterocycles. The lowest BCUT2D eigenvalue weighted by atomic mass is 10.1. The molecule has 0 radical (unpaired) electrons. The summed E-state index contributed by atoms with van der Waals surface area (Å²) in [6, 6.07) is 9.91. The smallest absolute Gasteiger partial charge is 0.251 e. The van der Waals surface area contributed by atoms with E-state index in [0.29, 0.717) is 10.6 Å². The maximum Gasteiger partial charge on any atom is 0.251 e. The molecule has 4 rings (SSSR count).